The summed E-state index contributed by atoms with van der Waals surface area (Å²) in [6, 6.07) is 76.3. The Morgan fingerprint density at radius 1 is 0.366 bits per heavy atom. The predicted octanol–water partition coefficient (Wildman–Crippen LogP) is 17.4. The Balaban J connectivity index is 1.03. The average Bonchev–Trinajstić information content (AvgIpc) is 3.94. The van der Waals surface area contributed by atoms with E-state index in [1.807, 2.05) is 6.20 Å². The fraction of sp³-hybridized carbons (Fsp3) is 0.209. The van der Waals surface area contributed by atoms with Crippen molar-refractivity contribution in [3.8, 4) is 16.9 Å². The van der Waals surface area contributed by atoms with Gasteiger partial charge in [0.25, 0.3) is 0 Å². The van der Waals surface area contributed by atoms with E-state index < -0.39 is 5.41 Å². The number of pyridine rings is 1. The van der Waals surface area contributed by atoms with Crippen LogP contribution in [0.3, 0.4) is 0 Å². The van der Waals surface area contributed by atoms with E-state index in [1.54, 1.807) is 0 Å². The number of fused-ring (bicyclic) bond motifs is 4. The van der Waals surface area contributed by atoms with Crippen molar-refractivity contribution in [2.45, 2.75) is 84.0 Å². The van der Waals surface area contributed by atoms with E-state index in [4.69, 9.17) is 4.98 Å². The third-order valence-electron chi connectivity index (χ3n) is 15.4. The second-order valence-corrected chi connectivity index (χ2v) is 22.4. The molecular formula is C67H64N4. The minimum atomic E-state index is -0.420. The SMILES string of the molecule is CC(C)(C)c1cc(N2CN(c3cccc(C(C)(C)c4ccc5c6cc(-c7ccccc7)ccc6n(-c6cc(C(C)(c7ccccc7)c7ccccc7)ccn6)c5c4)c3)c3ccccc32)cc(C(C)(C)C)c1. The standard InChI is InChI=1S/C67H64N4/c1-64(2,3)53-39-54(65(4,5)6)42-56(41-53)70-45-69(60-30-19-20-31-61(60)70)55-29-21-28-50(40-55)66(7,8)51-33-34-57-58-38-47(46-22-13-10-14-23-46)32-35-59(58)71(62(57)43-51)63-44-52(36-37-68-63)67(9,48-24-15-11-16-25-48)49-26-17-12-18-27-49/h10-44H,45H2,1-9H3. The number of para-hydroxylation sites is 2. The summed E-state index contributed by atoms with van der Waals surface area (Å²) in [5.41, 5.74) is 17.6. The Kier molecular flexibility index (Phi) is 11.2. The molecule has 0 atom stereocenters. The third kappa shape index (κ3) is 8.10. The number of anilines is 4. The molecule has 4 nitrogen and oxygen atoms in total. The van der Waals surface area contributed by atoms with E-state index in [0.717, 1.165) is 23.5 Å². The van der Waals surface area contributed by atoms with Crippen LogP contribution < -0.4 is 9.80 Å². The van der Waals surface area contributed by atoms with Crippen LogP contribution in [-0.4, -0.2) is 16.2 Å². The lowest BCUT2D eigenvalue weighted by Crippen LogP contribution is -2.26. The molecule has 2 aromatic heterocycles. The number of rotatable bonds is 9. The molecule has 1 aliphatic rings. The normalized spacial score (nSPS) is 13.3. The lowest BCUT2D eigenvalue weighted by atomic mass is 9.71. The summed E-state index contributed by atoms with van der Waals surface area (Å²) in [7, 11) is 0. The summed E-state index contributed by atoms with van der Waals surface area (Å²) in [6.45, 7) is 21.7. The molecule has 11 rings (SSSR count). The maximum atomic E-state index is 5.20. The Labute approximate surface area is 420 Å². The Morgan fingerprint density at radius 3 is 1.54 bits per heavy atom. The van der Waals surface area contributed by atoms with Gasteiger partial charge in [-0.2, -0.15) is 0 Å². The first-order valence-corrected chi connectivity index (χ1v) is 25.2. The van der Waals surface area contributed by atoms with Gasteiger partial charge in [0.15, 0.2) is 0 Å². The van der Waals surface area contributed by atoms with Crippen LogP contribution in [0, 0.1) is 0 Å². The highest BCUT2D eigenvalue weighted by atomic mass is 15.4. The molecule has 0 spiro atoms. The van der Waals surface area contributed by atoms with Gasteiger partial charge in [0, 0.05) is 39.2 Å². The largest absolute Gasteiger partial charge is 0.321 e. The zero-order valence-electron chi connectivity index (χ0n) is 42.7. The van der Waals surface area contributed by atoms with E-state index in [-0.39, 0.29) is 16.2 Å². The van der Waals surface area contributed by atoms with Crippen molar-refractivity contribution >= 4 is 44.6 Å². The Hall–Kier alpha value is -7.69. The van der Waals surface area contributed by atoms with Gasteiger partial charge in [-0.25, -0.2) is 4.98 Å². The lowest BCUT2D eigenvalue weighted by Gasteiger charge is -2.32. The van der Waals surface area contributed by atoms with Gasteiger partial charge >= 0.3 is 0 Å². The van der Waals surface area contributed by atoms with Crippen LogP contribution in [0.25, 0.3) is 38.8 Å². The second kappa shape index (κ2) is 17.3. The zero-order chi connectivity index (χ0) is 49.3. The number of hydrogen-bond donors (Lipinski definition) is 0. The third-order valence-corrected chi connectivity index (χ3v) is 15.4. The molecule has 0 amide bonds. The molecule has 4 heteroatoms. The molecule has 10 aromatic rings. The minimum absolute atomic E-state index is 0.0179. The topological polar surface area (TPSA) is 24.3 Å². The summed E-state index contributed by atoms with van der Waals surface area (Å²) in [6.07, 6.45) is 1.99. The average molecular weight is 925 g/mol. The van der Waals surface area contributed by atoms with Crippen molar-refractivity contribution in [3.63, 3.8) is 0 Å². The van der Waals surface area contributed by atoms with Crippen molar-refractivity contribution in [1.82, 2.24) is 9.55 Å². The van der Waals surface area contributed by atoms with Crippen molar-refractivity contribution in [1.29, 1.82) is 0 Å². The number of benzene rings is 8. The predicted molar refractivity (Wildman–Crippen MR) is 300 cm³/mol. The first-order chi connectivity index (χ1) is 34.1. The lowest BCUT2D eigenvalue weighted by molar-refractivity contribution is 0.568. The molecule has 1 aliphatic heterocycles. The van der Waals surface area contributed by atoms with Gasteiger partial charge in [0.2, 0.25) is 0 Å². The highest BCUT2D eigenvalue weighted by Crippen LogP contribution is 2.48. The van der Waals surface area contributed by atoms with Crippen LogP contribution in [0.2, 0.25) is 0 Å². The summed E-state index contributed by atoms with van der Waals surface area (Å²) >= 11 is 0. The first-order valence-electron chi connectivity index (χ1n) is 25.2. The molecule has 0 aliphatic carbocycles. The fourth-order valence-electron chi connectivity index (χ4n) is 10.9. The van der Waals surface area contributed by atoms with Gasteiger partial charge in [-0.05, 0) is 135 Å². The van der Waals surface area contributed by atoms with Crippen LogP contribution in [0.4, 0.5) is 22.7 Å². The molecule has 0 bridgehead atoms. The molecule has 0 N–H and O–H groups in total. The maximum Gasteiger partial charge on any atom is 0.137 e. The van der Waals surface area contributed by atoms with Gasteiger partial charge in [-0.15, -0.1) is 0 Å². The maximum absolute atomic E-state index is 5.20. The van der Waals surface area contributed by atoms with E-state index in [1.165, 1.54) is 83.6 Å². The van der Waals surface area contributed by atoms with Gasteiger partial charge in [-0.3, -0.25) is 4.57 Å². The van der Waals surface area contributed by atoms with Gasteiger partial charge in [0.05, 0.1) is 22.4 Å². The van der Waals surface area contributed by atoms with Crippen LogP contribution in [0.5, 0.6) is 0 Å². The molecule has 0 fully saturated rings. The van der Waals surface area contributed by atoms with Gasteiger partial charge < -0.3 is 9.80 Å². The van der Waals surface area contributed by atoms with Gasteiger partial charge in [-0.1, -0.05) is 195 Å². The Morgan fingerprint density at radius 2 is 0.915 bits per heavy atom. The number of hydrogen-bond acceptors (Lipinski definition) is 3. The molecule has 0 unspecified atom stereocenters. The first kappa shape index (κ1) is 45.7. The molecular weight excluding hydrogens is 861 g/mol. The molecule has 0 saturated heterocycles. The summed E-state index contributed by atoms with van der Waals surface area (Å²) in [5.74, 6) is 0.893. The minimum Gasteiger partial charge on any atom is -0.321 e. The second-order valence-electron chi connectivity index (χ2n) is 22.4. The highest BCUT2D eigenvalue weighted by molar-refractivity contribution is 6.10. The summed E-state index contributed by atoms with van der Waals surface area (Å²) in [4.78, 5) is 10.2. The molecule has 71 heavy (non-hydrogen) atoms. The van der Waals surface area contributed by atoms with Crippen molar-refractivity contribution in [3.05, 3.63) is 251 Å². The number of nitrogens with zero attached hydrogens (tertiary/aromatic N) is 4. The summed E-state index contributed by atoms with van der Waals surface area (Å²) < 4.78 is 2.39. The molecule has 8 aromatic carbocycles. The van der Waals surface area contributed by atoms with E-state index >= 15 is 0 Å². The fourth-order valence-corrected chi connectivity index (χ4v) is 10.9. The van der Waals surface area contributed by atoms with Crippen LogP contribution >= 0.6 is 0 Å². The highest BCUT2D eigenvalue weighted by Gasteiger charge is 2.34. The van der Waals surface area contributed by atoms with Crippen molar-refractivity contribution < 1.29 is 0 Å². The number of aromatic nitrogens is 2. The van der Waals surface area contributed by atoms with Crippen LogP contribution in [0.15, 0.2) is 212 Å². The zero-order valence-corrected chi connectivity index (χ0v) is 42.7. The van der Waals surface area contributed by atoms with E-state index in [2.05, 4.69) is 283 Å². The van der Waals surface area contributed by atoms with E-state index in [9.17, 15) is 0 Å². The quantitative estimate of drug-likeness (QED) is 0.144. The van der Waals surface area contributed by atoms with Gasteiger partial charge in [0.1, 0.15) is 12.5 Å². The monoisotopic (exact) mass is 925 g/mol. The molecule has 352 valence electrons. The molecule has 0 radical (unpaired) electrons. The molecule has 0 saturated carbocycles. The van der Waals surface area contributed by atoms with Crippen LogP contribution in [-0.2, 0) is 21.7 Å². The van der Waals surface area contributed by atoms with Crippen molar-refractivity contribution in [2.24, 2.45) is 0 Å². The van der Waals surface area contributed by atoms with E-state index in [0.29, 0.717) is 0 Å². The van der Waals surface area contributed by atoms with Crippen molar-refractivity contribution in [2.75, 3.05) is 16.5 Å². The summed E-state index contributed by atoms with van der Waals surface area (Å²) in [5, 5.41) is 2.40. The van der Waals surface area contributed by atoms with Crippen LogP contribution in [0.1, 0.15) is 101 Å². The Bertz CT molecular complexity index is 3500. The smallest absolute Gasteiger partial charge is 0.137 e. The molecule has 3 heterocycles.